The van der Waals surface area contributed by atoms with E-state index >= 15 is 0 Å². The van der Waals surface area contributed by atoms with E-state index in [1.54, 1.807) is 9.36 Å². The summed E-state index contributed by atoms with van der Waals surface area (Å²) in [4.78, 5) is 6.98. The van der Waals surface area contributed by atoms with E-state index in [-0.39, 0.29) is 19.3 Å². The van der Waals surface area contributed by atoms with Crippen LogP contribution >= 0.6 is 0 Å². The monoisotopic (exact) mass is 517 g/mol. The van der Waals surface area contributed by atoms with E-state index in [1.165, 1.54) is 0 Å². The lowest BCUT2D eigenvalue weighted by atomic mass is 10.1. The molecular weight excluding hydrogens is 486 g/mol. The lowest BCUT2D eigenvalue weighted by Crippen LogP contribution is -2.32. The third-order valence-corrected chi connectivity index (χ3v) is 6.54. The number of ether oxygens (including phenoxy) is 2. The van der Waals surface area contributed by atoms with Gasteiger partial charge in [-0.05, 0) is 46.0 Å². The van der Waals surface area contributed by atoms with Gasteiger partial charge in [0.05, 0.1) is 52.7 Å². The summed E-state index contributed by atoms with van der Waals surface area (Å²) in [6.07, 6.45) is 3.67. The molecule has 12 nitrogen and oxygen atoms in total. The Labute approximate surface area is 220 Å². The first-order valence-corrected chi connectivity index (χ1v) is 12.4. The summed E-state index contributed by atoms with van der Waals surface area (Å²) in [6, 6.07) is 4.01. The maximum atomic E-state index is 9.69. The first-order valence-electron chi connectivity index (χ1n) is 12.4. The molecule has 0 saturated carbocycles. The zero-order valence-electron chi connectivity index (χ0n) is 22.2. The van der Waals surface area contributed by atoms with Crippen LogP contribution < -0.4 is 9.47 Å². The quantitative estimate of drug-likeness (QED) is 0.417. The summed E-state index contributed by atoms with van der Waals surface area (Å²) in [5.74, 6) is 0.994. The Kier molecular flexibility index (Phi) is 6.88. The zero-order valence-corrected chi connectivity index (χ0v) is 22.2. The van der Waals surface area contributed by atoms with E-state index in [9.17, 15) is 5.11 Å². The summed E-state index contributed by atoms with van der Waals surface area (Å²) in [5, 5.41) is 36.5. The topological polar surface area (TPSA) is 143 Å². The van der Waals surface area contributed by atoms with Crippen molar-refractivity contribution in [1.82, 2.24) is 39.6 Å². The molecule has 38 heavy (non-hydrogen) atoms. The Bertz CT molecular complexity index is 1560. The van der Waals surface area contributed by atoms with Crippen LogP contribution in [-0.2, 0) is 20.1 Å². The third kappa shape index (κ3) is 4.62. The van der Waals surface area contributed by atoms with Gasteiger partial charge >= 0.3 is 0 Å². The molecule has 1 aliphatic rings. The summed E-state index contributed by atoms with van der Waals surface area (Å²) in [7, 11) is 3.87. The van der Waals surface area contributed by atoms with Crippen molar-refractivity contribution < 1.29 is 14.6 Å². The van der Waals surface area contributed by atoms with Crippen molar-refractivity contribution in [3.05, 3.63) is 34.4 Å². The van der Waals surface area contributed by atoms with Crippen molar-refractivity contribution in [1.29, 1.82) is 5.26 Å². The number of aliphatic hydroxyl groups is 1. The molecule has 198 valence electrons. The standard InChI is InChI=1S/C26H31N9O3/c1-15-13-33(4)14-22-18(25(37-11-8-27)32-35(22)9-10-36)6-7-20-19-12-21(28-17(3)24(19)30-29-20)23-16(2)31-34(5)26(23)38-15/h6-7,12,15,36H,9-11,13-14H2,1-5H3,(H,29,30)/b7-6+. The smallest absolute Gasteiger partial charge is 0.241 e. The van der Waals surface area contributed by atoms with Gasteiger partial charge in [-0.2, -0.15) is 15.5 Å². The molecule has 5 heterocycles. The molecule has 0 amide bonds. The van der Waals surface area contributed by atoms with Gasteiger partial charge in [0.1, 0.15) is 17.7 Å². The Hall–Kier alpha value is -4.21. The van der Waals surface area contributed by atoms with Gasteiger partial charge in [-0.3, -0.25) is 19.7 Å². The second-order valence-electron chi connectivity index (χ2n) is 9.53. The second-order valence-corrected chi connectivity index (χ2v) is 9.53. The maximum Gasteiger partial charge on any atom is 0.241 e. The van der Waals surface area contributed by atoms with Gasteiger partial charge in [-0.15, -0.1) is 5.10 Å². The number of nitrogens with zero attached hydrogens (tertiary/aromatic N) is 8. The van der Waals surface area contributed by atoms with Gasteiger partial charge in [0.2, 0.25) is 11.8 Å². The van der Waals surface area contributed by atoms with E-state index in [0.717, 1.165) is 50.5 Å². The number of rotatable bonds is 4. The number of aromatic nitrogens is 7. The summed E-state index contributed by atoms with van der Waals surface area (Å²) < 4.78 is 15.6. The highest BCUT2D eigenvalue weighted by Crippen LogP contribution is 2.36. The van der Waals surface area contributed by atoms with Crippen LogP contribution in [0.15, 0.2) is 6.07 Å². The normalized spacial score (nSPS) is 16.8. The van der Waals surface area contributed by atoms with Gasteiger partial charge in [0.25, 0.3) is 0 Å². The number of aromatic amines is 1. The van der Waals surface area contributed by atoms with Gasteiger partial charge < -0.3 is 14.6 Å². The van der Waals surface area contributed by atoms with E-state index in [2.05, 4.69) is 25.3 Å². The number of aryl methyl sites for hydroxylation is 3. The van der Waals surface area contributed by atoms with E-state index in [1.807, 2.05) is 59.2 Å². The Balaban J connectivity index is 1.73. The van der Waals surface area contributed by atoms with E-state index < -0.39 is 0 Å². The van der Waals surface area contributed by atoms with Crippen molar-refractivity contribution in [2.24, 2.45) is 7.05 Å². The van der Waals surface area contributed by atoms with Gasteiger partial charge in [0.15, 0.2) is 6.61 Å². The highest BCUT2D eigenvalue weighted by Gasteiger charge is 2.24. The predicted octanol–water partition coefficient (Wildman–Crippen LogP) is 2.45. The minimum Gasteiger partial charge on any atom is -0.473 e. The Morgan fingerprint density at radius 2 is 2.05 bits per heavy atom. The van der Waals surface area contributed by atoms with Crippen molar-refractivity contribution >= 4 is 23.1 Å². The molecule has 0 aromatic carbocycles. The van der Waals surface area contributed by atoms with Crippen LogP contribution in [-0.4, -0.2) is 77.7 Å². The number of aliphatic hydroxyl groups excluding tert-OH is 1. The number of hydrogen-bond donors (Lipinski definition) is 2. The van der Waals surface area contributed by atoms with Gasteiger partial charge in [0, 0.05) is 25.5 Å². The fraction of sp³-hybridized carbons (Fsp3) is 0.423. The number of nitrogens with one attached hydrogen (secondary N) is 1. The molecule has 2 bridgehead atoms. The number of nitriles is 1. The fourth-order valence-electron chi connectivity index (χ4n) is 4.97. The SMILES string of the molecule is Cc1nn(C)c2c1-c1cc3c([nH]nc3c(C)n1)/C=C/c1c(OCC#N)nn(CCO)c1CN(C)CC(C)O2. The average molecular weight is 518 g/mol. The lowest BCUT2D eigenvalue weighted by molar-refractivity contribution is 0.146. The summed E-state index contributed by atoms with van der Waals surface area (Å²) in [5.41, 5.74) is 6.38. The molecule has 1 unspecified atom stereocenters. The highest BCUT2D eigenvalue weighted by atomic mass is 16.5. The molecule has 0 radical (unpaired) electrons. The molecule has 0 spiro atoms. The van der Waals surface area contributed by atoms with Crippen LogP contribution in [0.3, 0.4) is 0 Å². The van der Waals surface area contributed by atoms with E-state index in [4.69, 9.17) is 19.7 Å². The van der Waals surface area contributed by atoms with Gasteiger partial charge in [-0.1, -0.05) is 0 Å². The molecule has 2 N–H and O–H groups in total. The minimum atomic E-state index is -0.171. The molecule has 0 saturated heterocycles. The molecule has 4 aromatic rings. The maximum absolute atomic E-state index is 9.69. The molecule has 0 fully saturated rings. The minimum absolute atomic E-state index is 0.0817. The number of hydrogen-bond acceptors (Lipinski definition) is 9. The molecule has 12 heteroatoms. The van der Waals surface area contributed by atoms with E-state index in [0.29, 0.717) is 31.4 Å². The number of H-pyrrole nitrogens is 1. The molecular formula is C26H31N9O3. The van der Waals surface area contributed by atoms with Crippen molar-refractivity contribution in [3.8, 4) is 29.1 Å². The number of pyridine rings is 1. The van der Waals surface area contributed by atoms with Crippen LogP contribution in [0.1, 0.15) is 35.3 Å². The predicted molar refractivity (Wildman–Crippen MR) is 141 cm³/mol. The number of likely N-dealkylation sites (N-methyl/N-ethyl adjacent to an activating group) is 1. The number of fused-ring (bicyclic) bond motifs is 4. The van der Waals surface area contributed by atoms with Crippen LogP contribution in [0, 0.1) is 25.2 Å². The van der Waals surface area contributed by atoms with Crippen molar-refractivity contribution in [2.45, 2.75) is 40.0 Å². The van der Waals surface area contributed by atoms with Crippen LogP contribution in [0.4, 0.5) is 0 Å². The highest BCUT2D eigenvalue weighted by molar-refractivity contribution is 5.93. The molecule has 0 aliphatic carbocycles. The first kappa shape index (κ1) is 25.4. The molecule has 1 aliphatic heterocycles. The third-order valence-electron chi connectivity index (χ3n) is 6.54. The van der Waals surface area contributed by atoms with Crippen LogP contribution in [0.2, 0.25) is 0 Å². The van der Waals surface area contributed by atoms with Crippen molar-refractivity contribution in [3.63, 3.8) is 0 Å². The Morgan fingerprint density at radius 1 is 1.24 bits per heavy atom. The van der Waals surface area contributed by atoms with Crippen LogP contribution in [0.5, 0.6) is 11.8 Å². The average Bonchev–Trinajstić information content (AvgIpc) is 3.50. The fourth-order valence-corrected chi connectivity index (χ4v) is 4.97. The molecule has 5 rings (SSSR count). The zero-order chi connectivity index (χ0) is 27.0. The van der Waals surface area contributed by atoms with Crippen LogP contribution in [0.25, 0.3) is 34.3 Å². The van der Waals surface area contributed by atoms with Gasteiger partial charge in [-0.25, -0.2) is 4.68 Å². The lowest BCUT2D eigenvalue weighted by Gasteiger charge is -2.23. The Morgan fingerprint density at radius 3 is 2.82 bits per heavy atom. The van der Waals surface area contributed by atoms with Crippen molar-refractivity contribution in [2.75, 3.05) is 26.8 Å². The molecule has 1 atom stereocenters. The molecule has 4 aromatic heterocycles. The summed E-state index contributed by atoms with van der Waals surface area (Å²) >= 11 is 0. The second kappa shape index (κ2) is 10.3. The largest absolute Gasteiger partial charge is 0.473 e. The summed E-state index contributed by atoms with van der Waals surface area (Å²) in [6.45, 7) is 7.11. The first-order chi connectivity index (χ1) is 18.3.